The van der Waals surface area contributed by atoms with E-state index < -0.39 is 0 Å². The van der Waals surface area contributed by atoms with Gasteiger partial charge in [0.2, 0.25) is 0 Å². The summed E-state index contributed by atoms with van der Waals surface area (Å²) in [6.07, 6.45) is 3.01. The quantitative estimate of drug-likeness (QED) is 0.615. The van der Waals surface area contributed by atoms with Crippen LogP contribution >= 0.6 is 11.6 Å². The van der Waals surface area contributed by atoms with E-state index in [9.17, 15) is 0 Å². The molecule has 2 aliphatic rings. The molecule has 1 saturated heterocycles. The van der Waals surface area contributed by atoms with Crippen molar-refractivity contribution in [2.24, 2.45) is 0 Å². The molecule has 31 heavy (non-hydrogen) atoms. The smallest absolute Gasteiger partial charge is 0.161 e. The summed E-state index contributed by atoms with van der Waals surface area (Å²) in [7, 11) is 3.38. The van der Waals surface area contributed by atoms with Gasteiger partial charge in [-0.1, -0.05) is 11.6 Å². The number of piperazine rings is 1. The topological polar surface area (TPSA) is 34.2 Å². The van der Waals surface area contributed by atoms with Crippen LogP contribution in [0.2, 0.25) is 5.02 Å². The second kappa shape index (κ2) is 9.68. The van der Waals surface area contributed by atoms with Gasteiger partial charge in [-0.3, -0.25) is 4.90 Å². The van der Waals surface area contributed by atoms with E-state index in [4.69, 9.17) is 25.8 Å². The Hall–Kier alpha value is -1.95. The summed E-state index contributed by atoms with van der Waals surface area (Å²) in [5, 5.41) is 0.790. The van der Waals surface area contributed by atoms with Crippen molar-refractivity contribution < 1.29 is 14.2 Å². The van der Waals surface area contributed by atoms with Gasteiger partial charge in [-0.2, -0.15) is 0 Å². The third-order valence-electron chi connectivity index (χ3n) is 6.66. The third kappa shape index (κ3) is 4.94. The van der Waals surface area contributed by atoms with Crippen LogP contribution in [0.3, 0.4) is 0 Å². The highest BCUT2D eigenvalue weighted by Gasteiger charge is 2.34. The molecule has 0 spiro atoms. The largest absolute Gasteiger partial charge is 0.493 e. The molecule has 0 aromatic heterocycles. The number of hydrogen-bond acceptors (Lipinski definition) is 5. The lowest BCUT2D eigenvalue weighted by molar-refractivity contribution is -0.0548. The first-order valence-electron chi connectivity index (χ1n) is 11.1. The van der Waals surface area contributed by atoms with E-state index in [0.29, 0.717) is 0 Å². The third-order valence-corrected chi connectivity index (χ3v) is 6.92. The fourth-order valence-electron chi connectivity index (χ4n) is 4.81. The first-order valence-corrected chi connectivity index (χ1v) is 11.5. The molecule has 1 atom stereocenters. The van der Waals surface area contributed by atoms with Crippen molar-refractivity contribution in [3.05, 3.63) is 52.5 Å². The number of anilines is 1. The van der Waals surface area contributed by atoms with Gasteiger partial charge in [0, 0.05) is 36.9 Å². The van der Waals surface area contributed by atoms with Crippen molar-refractivity contribution in [1.29, 1.82) is 0 Å². The molecule has 0 aliphatic carbocycles. The monoisotopic (exact) mass is 444 g/mol. The van der Waals surface area contributed by atoms with Gasteiger partial charge < -0.3 is 19.1 Å². The molecule has 2 heterocycles. The second-order valence-electron chi connectivity index (χ2n) is 8.60. The Morgan fingerprint density at radius 2 is 1.68 bits per heavy atom. The maximum atomic E-state index is 6.30. The molecular formula is C25H33ClN2O3. The molecule has 0 bridgehead atoms. The van der Waals surface area contributed by atoms with E-state index >= 15 is 0 Å². The normalized spacial score (nSPS) is 21.6. The van der Waals surface area contributed by atoms with Crippen molar-refractivity contribution >= 4 is 17.3 Å². The molecule has 2 aromatic carbocycles. The number of nitrogens with zero attached hydrogens (tertiary/aromatic N) is 2. The molecule has 1 unspecified atom stereocenters. The molecule has 0 N–H and O–H groups in total. The maximum absolute atomic E-state index is 6.30. The van der Waals surface area contributed by atoms with Crippen LogP contribution in [0.25, 0.3) is 0 Å². The van der Waals surface area contributed by atoms with Crippen molar-refractivity contribution in [3.8, 4) is 11.5 Å². The fourth-order valence-corrected chi connectivity index (χ4v) is 4.94. The van der Waals surface area contributed by atoms with Crippen LogP contribution < -0.4 is 14.4 Å². The van der Waals surface area contributed by atoms with Gasteiger partial charge in [-0.05, 0) is 80.3 Å². The molecule has 0 radical (unpaired) electrons. The van der Waals surface area contributed by atoms with E-state index in [2.05, 4.69) is 41.0 Å². The van der Waals surface area contributed by atoms with E-state index in [0.717, 1.165) is 75.1 Å². The minimum absolute atomic E-state index is 0.280. The molecule has 2 aromatic rings. The first kappa shape index (κ1) is 22.3. The average Bonchev–Trinajstić information content (AvgIpc) is 2.79. The molecule has 5 nitrogen and oxygen atoms in total. The van der Waals surface area contributed by atoms with Crippen LogP contribution in [0.1, 0.15) is 30.9 Å². The Bertz CT molecular complexity index is 881. The molecule has 0 saturated carbocycles. The number of methoxy groups -OCH3 is 2. The summed E-state index contributed by atoms with van der Waals surface area (Å²) in [4.78, 5) is 5.00. The van der Waals surface area contributed by atoms with Crippen LogP contribution in [0.5, 0.6) is 11.5 Å². The van der Waals surface area contributed by atoms with E-state index in [-0.39, 0.29) is 5.60 Å². The van der Waals surface area contributed by atoms with E-state index in [1.165, 1.54) is 16.8 Å². The van der Waals surface area contributed by atoms with Gasteiger partial charge in [0.25, 0.3) is 0 Å². The Kier molecular flexibility index (Phi) is 6.95. The average molecular weight is 445 g/mol. The molecular weight excluding hydrogens is 412 g/mol. The molecule has 4 rings (SSSR count). The van der Waals surface area contributed by atoms with Crippen LogP contribution in [0.15, 0.2) is 36.4 Å². The highest BCUT2D eigenvalue weighted by atomic mass is 35.5. The summed E-state index contributed by atoms with van der Waals surface area (Å²) in [5.74, 6) is 1.57. The molecule has 2 aliphatic heterocycles. The zero-order valence-electron chi connectivity index (χ0n) is 18.8. The van der Waals surface area contributed by atoms with Crippen LogP contribution in [-0.4, -0.2) is 58.5 Å². The number of benzene rings is 2. The molecule has 6 heteroatoms. The van der Waals surface area contributed by atoms with Gasteiger partial charge in [0.05, 0.1) is 26.4 Å². The highest BCUT2D eigenvalue weighted by molar-refractivity contribution is 6.30. The zero-order valence-corrected chi connectivity index (χ0v) is 19.6. The standard InChI is InChI=1S/C25H33ClN2O3/c1-25(22-18-24(30-3)23(29-2)17-19(22)9-16-31-25)10-4-11-27-12-14-28(15-13-27)21-7-5-20(26)6-8-21/h5-8,17-18H,4,9-16H2,1-3H3. The minimum atomic E-state index is -0.280. The van der Waals surface area contributed by atoms with Gasteiger partial charge in [0.15, 0.2) is 11.5 Å². The lowest BCUT2D eigenvalue weighted by Crippen LogP contribution is -2.46. The van der Waals surface area contributed by atoms with Crippen molar-refractivity contribution in [2.45, 2.75) is 31.8 Å². The summed E-state index contributed by atoms with van der Waals surface area (Å²) in [6.45, 7) is 8.33. The second-order valence-corrected chi connectivity index (χ2v) is 9.04. The number of ether oxygens (including phenoxy) is 3. The number of hydrogen-bond donors (Lipinski definition) is 0. The summed E-state index contributed by atoms with van der Waals surface area (Å²) in [6, 6.07) is 12.4. The van der Waals surface area contributed by atoms with Crippen molar-refractivity contribution in [1.82, 2.24) is 4.90 Å². The number of halogens is 1. The zero-order chi connectivity index (χ0) is 21.8. The molecule has 168 valence electrons. The van der Waals surface area contributed by atoms with Crippen LogP contribution in [0.4, 0.5) is 5.69 Å². The minimum Gasteiger partial charge on any atom is -0.493 e. The lowest BCUT2D eigenvalue weighted by Gasteiger charge is -2.39. The first-order chi connectivity index (χ1) is 15.0. The summed E-state index contributed by atoms with van der Waals surface area (Å²) >= 11 is 6.02. The van der Waals surface area contributed by atoms with E-state index in [1.807, 2.05) is 12.1 Å². The van der Waals surface area contributed by atoms with Gasteiger partial charge >= 0.3 is 0 Å². The highest BCUT2D eigenvalue weighted by Crippen LogP contribution is 2.42. The van der Waals surface area contributed by atoms with E-state index in [1.54, 1.807) is 14.2 Å². The van der Waals surface area contributed by atoms with Gasteiger partial charge in [-0.15, -0.1) is 0 Å². The molecule has 0 amide bonds. The Morgan fingerprint density at radius 1 is 1.00 bits per heavy atom. The summed E-state index contributed by atoms with van der Waals surface area (Å²) < 4.78 is 17.3. The lowest BCUT2D eigenvalue weighted by atomic mass is 9.84. The predicted octanol–water partition coefficient (Wildman–Crippen LogP) is 4.75. The molecule has 1 fully saturated rings. The number of rotatable bonds is 7. The predicted molar refractivity (Wildman–Crippen MR) is 126 cm³/mol. The Morgan fingerprint density at radius 3 is 2.35 bits per heavy atom. The Balaban J connectivity index is 1.33. The van der Waals surface area contributed by atoms with Gasteiger partial charge in [-0.25, -0.2) is 0 Å². The SMILES string of the molecule is COc1cc2c(cc1OC)C(C)(CCCN1CCN(c3ccc(Cl)cc3)CC1)OCC2. The van der Waals surface area contributed by atoms with Gasteiger partial charge in [0.1, 0.15) is 0 Å². The van der Waals surface area contributed by atoms with Crippen LogP contribution in [0, 0.1) is 0 Å². The number of fused-ring (bicyclic) bond motifs is 1. The van der Waals surface area contributed by atoms with Crippen molar-refractivity contribution in [3.63, 3.8) is 0 Å². The fraction of sp³-hybridized carbons (Fsp3) is 0.520. The Labute approximate surface area is 190 Å². The van der Waals surface area contributed by atoms with Crippen molar-refractivity contribution in [2.75, 3.05) is 58.5 Å². The summed E-state index contributed by atoms with van der Waals surface area (Å²) in [5.41, 5.74) is 3.53. The maximum Gasteiger partial charge on any atom is 0.161 e. The van der Waals surface area contributed by atoms with Crippen LogP contribution in [-0.2, 0) is 16.8 Å².